The van der Waals surface area contributed by atoms with Crippen LogP contribution in [0.5, 0.6) is 0 Å². The van der Waals surface area contributed by atoms with Crippen molar-refractivity contribution in [3.05, 3.63) is 141 Å². The van der Waals surface area contributed by atoms with E-state index >= 15 is 0 Å². The highest BCUT2D eigenvalue weighted by Gasteiger charge is 2.19. The van der Waals surface area contributed by atoms with Gasteiger partial charge in [-0.25, -0.2) is 0 Å². The zero-order valence-corrected chi connectivity index (χ0v) is 46.4. The van der Waals surface area contributed by atoms with Crippen molar-refractivity contribution in [1.82, 2.24) is 0 Å². The molecule has 368 valence electrons. The van der Waals surface area contributed by atoms with E-state index in [1.807, 2.05) is 45.3 Å². The Bertz CT molecular complexity index is 2660. The van der Waals surface area contributed by atoms with Gasteiger partial charge in [-0.05, 0) is 143 Å². The molecule has 0 spiro atoms. The Kier molecular flexibility index (Phi) is 20.7. The second-order valence-electron chi connectivity index (χ2n) is 19.9. The first-order valence-electron chi connectivity index (χ1n) is 27.7. The number of hydrogen-bond donors (Lipinski definition) is 0. The van der Waals surface area contributed by atoms with Gasteiger partial charge in [0.1, 0.15) is 0 Å². The molecule has 8 aromatic rings. The van der Waals surface area contributed by atoms with Gasteiger partial charge in [0.25, 0.3) is 0 Å². The van der Waals surface area contributed by atoms with Gasteiger partial charge >= 0.3 is 0 Å². The van der Waals surface area contributed by atoms with Crippen molar-refractivity contribution < 1.29 is 0 Å². The van der Waals surface area contributed by atoms with Crippen LogP contribution in [0.25, 0.3) is 74.1 Å². The number of aryl methyl sites for hydroxylation is 4. The third-order valence-electron chi connectivity index (χ3n) is 14.4. The molecular weight excluding hydrogens is 921 g/mol. The average Bonchev–Trinajstić information content (AvgIpc) is 4.23. The van der Waals surface area contributed by atoms with Crippen LogP contribution in [0.2, 0.25) is 0 Å². The molecule has 4 heterocycles. The van der Waals surface area contributed by atoms with Crippen LogP contribution in [-0.4, -0.2) is 0 Å². The van der Waals surface area contributed by atoms with E-state index in [1.54, 1.807) is 9.75 Å². The lowest BCUT2D eigenvalue weighted by atomic mass is 9.95. The second-order valence-corrected chi connectivity index (χ2v) is 24.4. The normalized spacial score (nSPS) is 11.9. The van der Waals surface area contributed by atoms with Crippen molar-refractivity contribution in [1.29, 1.82) is 0 Å². The topological polar surface area (TPSA) is 0 Å². The fraction of sp³-hybridized carbons (Fsp3) is 0.424. The molecule has 0 unspecified atom stereocenters. The van der Waals surface area contributed by atoms with Crippen LogP contribution in [0.1, 0.15) is 188 Å². The molecule has 0 N–H and O–H groups in total. The number of unbranched alkanes of at least 4 members (excludes halogenated alkanes) is 16. The van der Waals surface area contributed by atoms with E-state index in [0.717, 1.165) is 12.8 Å². The molecule has 4 aromatic heterocycles. The van der Waals surface area contributed by atoms with Gasteiger partial charge in [0.05, 0.1) is 0 Å². The van der Waals surface area contributed by atoms with E-state index in [2.05, 4.69) is 149 Å². The molecule has 0 radical (unpaired) electrons. The molecule has 0 aliphatic carbocycles. The fourth-order valence-corrected chi connectivity index (χ4v) is 15.3. The van der Waals surface area contributed by atoms with E-state index < -0.39 is 0 Å². The number of fused-ring (bicyclic) bond motifs is 2. The van der Waals surface area contributed by atoms with Crippen molar-refractivity contribution >= 4 is 79.0 Å². The lowest BCUT2D eigenvalue weighted by molar-refractivity contribution is 0.609. The van der Waals surface area contributed by atoms with Gasteiger partial charge in [0.15, 0.2) is 0 Å². The van der Waals surface area contributed by atoms with E-state index in [4.69, 9.17) is 0 Å². The first-order chi connectivity index (χ1) is 34.6. The maximum absolute atomic E-state index is 2.55. The standard InChI is InChI=1S/C66H80S4/c1-5-9-13-17-19-23-31-53-41-45-61(67-53)65-51(29-21-15-11-7-3)47-63(69-65)59-43-39-49(55-33-25-27-35-57(55)59)37-38-50-40-44-60(58-36-28-26-34-56(50)58)64-48-52(30-22-16-12-8-4)66(70-64)62-46-42-54(68-62)32-24-20-18-14-10-6-2/h25-28,33-48H,5-24,29-32H2,1-4H3. The predicted octanol–water partition coefficient (Wildman–Crippen LogP) is 23.1. The second kappa shape index (κ2) is 27.7. The summed E-state index contributed by atoms with van der Waals surface area (Å²) in [6.45, 7) is 9.24. The summed E-state index contributed by atoms with van der Waals surface area (Å²) in [6, 6.07) is 42.5. The van der Waals surface area contributed by atoms with E-state index in [0.29, 0.717) is 0 Å². The number of rotatable bonds is 30. The summed E-state index contributed by atoms with van der Waals surface area (Å²) in [5, 5.41) is 5.30. The van der Waals surface area contributed by atoms with Crippen LogP contribution in [0.3, 0.4) is 0 Å². The van der Waals surface area contributed by atoms with Crippen LogP contribution in [-0.2, 0) is 25.7 Å². The molecule has 0 saturated carbocycles. The van der Waals surface area contributed by atoms with Gasteiger partial charge in [-0.1, -0.05) is 215 Å². The molecule has 0 nitrogen and oxygen atoms in total. The quantitative estimate of drug-likeness (QED) is 0.0311. The largest absolute Gasteiger partial charge is 0.139 e. The Labute approximate surface area is 439 Å². The van der Waals surface area contributed by atoms with Gasteiger partial charge < -0.3 is 0 Å². The molecule has 0 saturated heterocycles. The molecule has 70 heavy (non-hydrogen) atoms. The summed E-state index contributed by atoms with van der Waals surface area (Å²) in [6.07, 6.45) is 36.0. The summed E-state index contributed by atoms with van der Waals surface area (Å²) in [5.74, 6) is 0. The monoisotopic (exact) mass is 1000 g/mol. The molecule has 0 amide bonds. The summed E-state index contributed by atoms with van der Waals surface area (Å²) in [7, 11) is 0. The Morgan fingerprint density at radius 3 is 1.09 bits per heavy atom. The average molecular weight is 1000 g/mol. The summed E-state index contributed by atoms with van der Waals surface area (Å²) < 4.78 is 0. The Morgan fingerprint density at radius 2 is 0.671 bits per heavy atom. The third kappa shape index (κ3) is 13.9. The summed E-state index contributed by atoms with van der Waals surface area (Å²) >= 11 is 8.12. The first kappa shape index (κ1) is 52.3. The Balaban J connectivity index is 1.05. The minimum atomic E-state index is 1.16. The van der Waals surface area contributed by atoms with Crippen molar-refractivity contribution in [2.45, 2.75) is 182 Å². The van der Waals surface area contributed by atoms with Crippen LogP contribution in [0.4, 0.5) is 0 Å². The lowest BCUT2D eigenvalue weighted by Crippen LogP contribution is -1.86. The molecule has 0 bridgehead atoms. The SMILES string of the molecule is CCCCCCCCc1ccc(-c2sc(-c3ccc(C=Cc4ccc(-c5cc(CCCCCC)c(-c6ccc(CCCCCCCC)s6)s5)c5ccccc45)c4ccccc34)cc2CCCCCC)s1. The van der Waals surface area contributed by atoms with Gasteiger partial charge in [-0.3, -0.25) is 0 Å². The minimum absolute atomic E-state index is 1.16. The number of thiophene rings is 4. The highest BCUT2D eigenvalue weighted by molar-refractivity contribution is 7.24. The molecule has 0 aliphatic heterocycles. The van der Waals surface area contributed by atoms with Crippen LogP contribution in [0, 0.1) is 0 Å². The van der Waals surface area contributed by atoms with Gasteiger partial charge in [-0.15, -0.1) is 45.3 Å². The van der Waals surface area contributed by atoms with Gasteiger partial charge in [-0.2, -0.15) is 0 Å². The van der Waals surface area contributed by atoms with E-state index in [1.165, 1.54) is 225 Å². The van der Waals surface area contributed by atoms with Crippen molar-refractivity contribution in [3.8, 4) is 40.4 Å². The molecule has 8 rings (SSSR count). The lowest BCUT2D eigenvalue weighted by Gasteiger charge is -2.10. The highest BCUT2D eigenvalue weighted by atomic mass is 32.1. The van der Waals surface area contributed by atoms with E-state index in [9.17, 15) is 0 Å². The molecule has 4 heteroatoms. The molecule has 0 atom stereocenters. The zero-order valence-electron chi connectivity index (χ0n) is 43.2. The maximum Gasteiger partial charge on any atom is 0.0481 e. The molecular formula is C66H80S4. The third-order valence-corrected chi connectivity index (χ3v) is 19.5. The summed E-state index contributed by atoms with van der Waals surface area (Å²) in [4.78, 5) is 11.8. The Hall–Kier alpha value is -4.06. The number of benzene rings is 4. The highest BCUT2D eigenvalue weighted by Crippen LogP contribution is 2.46. The van der Waals surface area contributed by atoms with Crippen molar-refractivity contribution in [3.63, 3.8) is 0 Å². The fourth-order valence-electron chi connectivity index (χ4n) is 10.4. The van der Waals surface area contributed by atoms with E-state index in [-0.39, 0.29) is 0 Å². The minimum Gasteiger partial charge on any atom is -0.139 e. The predicted molar refractivity (Wildman–Crippen MR) is 320 cm³/mol. The molecule has 0 aliphatic rings. The van der Waals surface area contributed by atoms with Crippen LogP contribution < -0.4 is 0 Å². The van der Waals surface area contributed by atoms with Gasteiger partial charge in [0, 0.05) is 39.0 Å². The first-order valence-corrected chi connectivity index (χ1v) is 31.0. The Morgan fingerprint density at radius 1 is 0.314 bits per heavy atom. The smallest absolute Gasteiger partial charge is 0.0481 e. The van der Waals surface area contributed by atoms with Crippen molar-refractivity contribution in [2.75, 3.05) is 0 Å². The van der Waals surface area contributed by atoms with Crippen LogP contribution >= 0.6 is 45.3 Å². The molecule has 0 fully saturated rings. The molecule has 4 aromatic carbocycles. The van der Waals surface area contributed by atoms with Crippen molar-refractivity contribution in [2.24, 2.45) is 0 Å². The zero-order chi connectivity index (χ0) is 48.3. The number of hydrogen-bond acceptors (Lipinski definition) is 4. The maximum atomic E-state index is 2.55. The van der Waals surface area contributed by atoms with Crippen LogP contribution in [0.15, 0.2) is 109 Å². The summed E-state index contributed by atoms with van der Waals surface area (Å²) in [5.41, 5.74) is 8.32. The van der Waals surface area contributed by atoms with Gasteiger partial charge in [0.2, 0.25) is 0 Å².